The van der Waals surface area contributed by atoms with E-state index in [9.17, 15) is 4.79 Å². The molecule has 0 spiro atoms. The number of amides is 1. The molecule has 0 unspecified atom stereocenters. The fourth-order valence-corrected chi connectivity index (χ4v) is 1.41. The van der Waals surface area contributed by atoms with Crippen LogP contribution in [0.1, 0.15) is 58.3 Å². The van der Waals surface area contributed by atoms with Gasteiger partial charge in [-0.3, -0.25) is 0 Å². The van der Waals surface area contributed by atoms with Gasteiger partial charge in [-0.25, -0.2) is 4.79 Å². The zero-order chi connectivity index (χ0) is 12.1. The van der Waals surface area contributed by atoms with Crippen molar-refractivity contribution in [3.05, 3.63) is 6.92 Å². The molecule has 1 amide bonds. The van der Waals surface area contributed by atoms with Crippen molar-refractivity contribution in [1.29, 1.82) is 0 Å². The number of hydrogen-bond donors (Lipinski definition) is 1. The molecule has 0 aliphatic rings. The molecule has 3 heteroatoms. The predicted molar refractivity (Wildman–Crippen MR) is 67.3 cm³/mol. The van der Waals surface area contributed by atoms with Crippen molar-refractivity contribution in [2.75, 3.05) is 13.2 Å². The molecule has 0 aromatic carbocycles. The summed E-state index contributed by atoms with van der Waals surface area (Å²) in [4.78, 5) is 11.2. The Morgan fingerprint density at radius 3 is 2.56 bits per heavy atom. The van der Waals surface area contributed by atoms with Crippen LogP contribution >= 0.6 is 0 Å². The zero-order valence-corrected chi connectivity index (χ0v) is 10.6. The molecule has 0 aliphatic heterocycles. The van der Waals surface area contributed by atoms with E-state index in [2.05, 4.69) is 19.2 Å². The highest BCUT2D eigenvalue weighted by Crippen LogP contribution is 1.99. The topological polar surface area (TPSA) is 38.3 Å². The second kappa shape index (κ2) is 12.3. The summed E-state index contributed by atoms with van der Waals surface area (Å²) in [6.07, 6.45) is 8.52. The second-order valence-electron chi connectivity index (χ2n) is 4.04. The van der Waals surface area contributed by atoms with Gasteiger partial charge in [0, 0.05) is 6.54 Å². The molecule has 3 nitrogen and oxygen atoms in total. The van der Waals surface area contributed by atoms with Crippen LogP contribution < -0.4 is 5.32 Å². The van der Waals surface area contributed by atoms with Gasteiger partial charge in [0.1, 0.15) is 0 Å². The number of ether oxygens (including phenoxy) is 1. The first-order valence-corrected chi connectivity index (χ1v) is 6.51. The maximum absolute atomic E-state index is 11.2. The van der Waals surface area contributed by atoms with Crippen LogP contribution in [0, 0.1) is 6.92 Å². The van der Waals surface area contributed by atoms with E-state index in [0.29, 0.717) is 13.2 Å². The van der Waals surface area contributed by atoms with E-state index in [1.165, 1.54) is 12.8 Å². The molecular weight excluding hydrogens is 202 g/mol. The van der Waals surface area contributed by atoms with E-state index in [0.717, 1.165) is 38.5 Å². The maximum Gasteiger partial charge on any atom is 0.407 e. The van der Waals surface area contributed by atoms with E-state index >= 15 is 0 Å². The van der Waals surface area contributed by atoms with Gasteiger partial charge < -0.3 is 10.1 Å². The lowest BCUT2D eigenvalue weighted by atomic mass is 10.2. The lowest BCUT2D eigenvalue weighted by Crippen LogP contribution is -2.25. The van der Waals surface area contributed by atoms with Crippen LogP contribution in [0.25, 0.3) is 0 Å². The Kier molecular flexibility index (Phi) is 11.8. The van der Waals surface area contributed by atoms with E-state index in [-0.39, 0.29) is 6.09 Å². The molecule has 0 saturated carbocycles. The molecular formula is C13H26NO2. The zero-order valence-electron chi connectivity index (χ0n) is 10.6. The SMILES string of the molecule is [CH2]CCCCCNC(=O)OCCCCCC. The smallest absolute Gasteiger partial charge is 0.407 e. The third kappa shape index (κ3) is 11.3. The number of hydrogen-bond acceptors (Lipinski definition) is 2. The van der Waals surface area contributed by atoms with Crippen LogP contribution in [0.4, 0.5) is 4.79 Å². The molecule has 0 aromatic heterocycles. The Labute approximate surface area is 99.9 Å². The van der Waals surface area contributed by atoms with Crippen LogP contribution in [0.15, 0.2) is 0 Å². The molecule has 0 aromatic rings. The minimum absolute atomic E-state index is 0.272. The number of carbonyl (C=O) groups excluding carboxylic acids is 1. The third-order valence-electron chi connectivity index (χ3n) is 2.43. The van der Waals surface area contributed by atoms with Gasteiger partial charge in [0.05, 0.1) is 6.61 Å². The Bertz CT molecular complexity index is 144. The standard InChI is InChI=1S/C13H26NO2/c1-3-5-7-9-11-14-13(15)16-12-10-8-6-4-2/h1,3-12H2,2H3,(H,14,15). The van der Waals surface area contributed by atoms with Crippen molar-refractivity contribution in [2.45, 2.75) is 58.3 Å². The van der Waals surface area contributed by atoms with Gasteiger partial charge in [-0.15, -0.1) is 0 Å². The van der Waals surface area contributed by atoms with Crippen LogP contribution in [-0.2, 0) is 4.74 Å². The molecule has 95 valence electrons. The van der Waals surface area contributed by atoms with Gasteiger partial charge in [0.25, 0.3) is 0 Å². The summed E-state index contributed by atoms with van der Waals surface area (Å²) in [5.41, 5.74) is 0. The molecule has 0 atom stereocenters. The van der Waals surface area contributed by atoms with Crippen LogP contribution in [0.5, 0.6) is 0 Å². The quantitative estimate of drug-likeness (QED) is 0.579. The second-order valence-corrected chi connectivity index (χ2v) is 4.04. The number of alkyl carbamates (subject to hydrolysis) is 1. The van der Waals surface area contributed by atoms with Gasteiger partial charge in [0.2, 0.25) is 0 Å². The maximum atomic E-state index is 11.2. The normalized spacial score (nSPS) is 10.1. The van der Waals surface area contributed by atoms with Crippen molar-refractivity contribution in [3.63, 3.8) is 0 Å². The number of nitrogens with one attached hydrogen (secondary N) is 1. The molecule has 0 aliphatic carbocycles. The summed E-state index contributed by atoms with van der Waals surface area (Å²) in [6.45, 7) is 7.20. The van der Waals surface area contributed by atoms with Gasteiger partial charge in [-0.05, 0) is 12.8 Å². The largest absolute Gasteiger partial charge is 0.450 e. The number of rotatable bonds is 10. The molecule has 0 saturated heterocycles. The molecule has 0 bridgehead atoms. The van der Waals surface area contributed by atoms with E-state index in [4.69, 9.17) is 4.74 Å². The molecule has 1 radical (unpaired) electrons. The lowest BCUT2D eigenvalue weighted by Gasteiger charge is -2.06. The predicted octanol–water partition coefficient (Wildman–Crippen LogP) is 3.69. The van der Waals surface area contributed by atoms with Gasteiger partial charge in [0.15, 0.2) is 0 Å². The molecule has 16 heavy (non-hydrogen) atoms. The third-order valence-corrected chi connectivity index (χ3v) is 2.43. The summed E-state index contributed by atoms with van der Waals surface area (Å²) >= 11 is 0. The van der Waals surface area contributed by atoms with E-state index < -0.39 is 0 Å². The fourth-order valence-electron chi connectivity index (χ4n) is 1.41. The highest BCUT2D eigenvalue weighted by molar-refractivity contribution is 5.66. The molecule has 0 heterocycles. The van der Waals surface area contributed by atoms with Crippen molar-refractivity contribution in [1.82, 2.24) is 5.32 Å². The van der Waals surface area contributed by atoms with Gasteiger partial charge >= 0.3 is 6.09 Å². The Morgan fingerprint density at radius 1 is 1.12 bits per heavy atom. The average molecular weight is 228 g/mol. The van der Waals surface area contributed by atoms with Crippen LogP contribution in [-0.4, -0.2) is 19.2 Å². The van der Waals surface area contributed by atoms with Gasteiger partial charge in [-0.1, -0.05) is 52.4 Å². The molecule has 0 fully saturated rings. The van der Waals surface area contributed by atoms with E-state index in [1.807, 2.05) is 0 Å². The monoisotopic (exact) mass is 228 g/mol. The fraction of sp³-hybridized carbons (Fsp3) is 0.846. The number of unbranched alkanes of at least 4 members (excludes halogenated alkanes) is 6. The summed E-state index contributed by atoms with van der Waals surface area (Å²) in [5, 5.41) is 2.75. The highest BCUT2D eigenvalue weighted by atomic mass is 16.5. The number of carbonyl (C=O) groups is 1. The Morgan fingerprint density at radius 2 is 1.88 bits per heavy atom. The van der Waals surface area contributed by atoms with Crippen molar-refractivity contribution in [3.8, 4) is 0 Å². The molecule has 1 N–H and O–H groups in total. The minimum Gasteiger partial charge on any atom is -0.450 e. The van der Waals surface area contributed by atoms with Crippen molar-refractivity contribution < 1.29 is 9.53 Å². The van der Waals surface area contributed by atoms with Crippen LogP contribution in [0.2, 0.25) is 0 Å². The first-order valence-electron chi connectivity index (χ1n) is 6.51. The first kappa shape index (κ1) is 15.3. The highest BCUT2D eigenvalue weighted by Gasteiger charge is 1.99. The van der Waals surface area contributed by atoms with Crippen molar-refractivity contribution in [2.24, 2.45) is 0 Å². The Balaban J connectivity index is 3.12. The summed E-state index contributed by atoms with van der Waals surface area (Å²) in [7, 11) is 0. The minimum atomic E-state index is -0.272. The van der Waals surface area contributed by atoms with Crippen LogP contribution in [0.3, 0.4) is 0 Å². The lowest BCUT2D eigenvalue weighted by molar-refractivity contribution is 0.143. The molecule has 0 rings (SSSR count). The average Bonchev–Trinajstić information content (AvgIpc) is 2.28. The summed E-state index contributed by atoms with van der Waals surface area (Å²) < 4.78 is 5.03. The summed E-state index contributed by atoms with van der Waals surface area (Å²) in [6, 6.07) is 0. The van der Waals surface area contributed by atoms with Crippen molar-refractivity contribution >= 4 is 6.09 Å². The Hall–Kier alpha value is -0.730. The first-order chi connectivity index (χ1) is 7.81. The van der Waals surface area contributed by atoms with E-state index in [1.54, 1.807) is 0 Å². The summed E-state index contributed by atoms with van der Waals surface area (Å²) in [5.74, 6) is 0. The van der Waals surface area contributed by atoms with Gasteiger partial charge in [-0.2, -0.15) is 0 Å².